The topological polar surface area (TPSA) is 72.9 Å². The number of halogens is 2. The SMILES string of the molecule is NC1CC(F)CN(C2CC(c3ccc(F)cc3)CC2n2ncnn2)C1. The molecular formula is C17H22F2N6. The van der Waals surface area contributed by atoms with Gasteiger partial charge in [-0.25, -0.2) is 8.78 Å². The molecule has 2 fully saturated rings. The zero-order valence-electron chi connectivity index (χ0n) is 13.9. The van der Waals surface area contributed by atoms with Crippen LogP contribution in [0.4, 0.5) is 8.78 Å². The van der Waals surface area contributed by atoms with Crippen molar-refractivity contribution in [1.29, 1.82) is 0 Å². The number of tetrazole rings is 1. The van der Waals surface area contributed by atoms with Gasteiger partial charge in [0.15, 0.2) is 6.33 Å². The molecule has 0 spiro atoms. The second-order valence-corrected chi connectivity index (χ2v) is 7.16. The zero-order chi connectivity index (χ0) is 17.4. The molecule has 1 saturated carbocycles. The first-order valence-electron chi connectivity index (χ1n) is 8.72. The maximum atomic E-state index is 14.1. The predicted octanol–water partition coefficient (Wildman–Crippen LogP) is 1.67. The number of nitrogens with zero attached hydrogens (tertiary/aromatic N) is 5. The highest BCUT2D eigenvalue weighted by Gasteiger charge is 2.43. The van der Waals surface area contributed by atoms with Gasteiger partial charge in [-0.2, -0.15) is 4.80 Å². The first kappa shape index (κ1) is 16.5. The van der Waals surface area contributed by atoms with E-state index in [1.165, 1.54) is 18.5 Å². The molecule has 6 nitrogen and oxygen atoms in total. The smallest absolute Gasteiger partial charge is 0.162 e. The molecule has 1 aromatic heterocycles. The molecule has 5 atom stereocenters. The molecule has 0 radical (unpaired) electrons. The van der Waals surface area contributed by atoms with Crippen molar-refractivity contribution in [3.05, 3.63) is 42.0 Å². The van der Waals surface area contributed by atoms with Crippen LogP contribution in [0.2, 0.25) is 0 Å². The maximum Gasteiger partial charge on any atom is 0.162 e. The van der Waals surface area contributed by atoms with E-state index in [9.17, 15) is 8.78 Å². The summed E-state index contributed by atoms with van der Waals surface area (Å²) in [4.78, 5) is 3.76. The Morgan fingerprint density at radius 3 is 2.48 bits per heavy atom. The van der Waals surface area contributed by atoms with Gasteiger partial charge in [-0.05, 0) is 48.1 Å². The fourth-order valence-electron chi connectivity index (χ4n) is 4.35. The summed E-state index contributed by atoms with van der Waals surface area (Å²) >= 11 is 0. The molecule has 1 saturated heterocycles. The Hall–Kier alpha value is -1.93. The summed E-state index contributed by atoms with van der Waals surface area (Å²) < 4.78 is 27.3. The largest absolute Gasteiger partial charge is 0.326 e. The molecule has 25 heavy (non-hydrogen) atoms. The van der Waals surface area contributed by atoms with Crippen molar-refractivity contribution < 1.29 is 8.78 Å². The number of likely N-dealkylation sites (tertiary alicyclic amines) is 1. The van der Waals surface area contributed by atoms with Gasteiger partial charge in [-0.1, -0.05) is 12.1 Å². The second-order valence-electron chi connectivity index (χ2n) is 7.16. The lowest BCUT2D eigenvalue weighted by atomic mass is 9.96. The van der Waals surface area contributed by atoms with E-state index in [0.29, 0.717) is 19.5 Å². The van der Waals surface area contributed by atoms with Crippen molar-refractivity contribution >= 4 is 0 Å². The van der Waals surface area contributed by atoms with E-state index in [2.05, 4.69) is 20.3 Å². The average molecular weight is 348 g/mol. The van der Waals surface area contributed by atoms with Gasteiger partial charge in [0.25, 0.3) is 0 Å². The highest BCUT2D eigenvalue weighted by atomic mass is 19.1. The Kier molecular flexibility index (Phi) is 4.47. The average Bonchev–Trinajstić information content (AvgIpc) is 3.24. The zero-order valence-corrected chi connectivity index (χ0v) is 13.9. The highest BCUT2D eigenvalue weighted by Crippen LogP contribution is 2.43. The quantitative estimate of drug-likeness (QED) is 0.913. The van der Waals surface area contributed by atoms with Crippen LogP contribution in [0.1, 0.15) is 36.8 Å². The van der Waals surface area contributed by atoms with Crippen LogP contribution in [0, 0.1) is 5.82 Å². The van der Waals surface area contributed by atoms with Crippen LogP contribution in [0.3, 0.4) is 0 Å². The van der Waals surface area contributed by atoms with Crippen LogP contribution >= 0.6 is 0 Å². The van der Waals surface area contributed by atoms with E-state index < -0.39 is 6.17 Å². The van der Waals surface area contributed by atoms with Crippen LogP contribution < -0.4 is 5.73 Å². The van der Waals surface area contributed by atoms with Gasteiger partial charge in [0, 0.05) is 25.2 Å². The van der Waals surface area contributed by atoms with Crippen molar-refractivity contribution in [1.82, 2.24) is 25.1 Å². The molecule has 5 unspecified atom stereocenters. The van der Waals surface area contributed by atoms with Gasteiger partial charge in [-0.3, -0.25) is 4.90 Å². The van der Waals surface area contributed by atoms with Crippen molar-refractivity contribution in [2.75, 3.05) is 13.1 Å². The Balaban J connectivity index is 1.59. The van der Waals surface area contributed by atoms with Crippen LogP contribution in [0.25, 0.3) is 0 Å². The van der Waals surface area contributed by atoms with E-state index in [4.69, 9.17) is 5.73 Å². The monoisotopic (exact) mass is 348 g/mol. The first-order chi connectivity index (χ1) is 12.1. The van der Waals surface area contributed by atoms with Gasteiger partial charge in [0.2, 0.25) is 0 Å². The third-order valence-corrected chi connectivity index (χ3v) is 5.43. The number of rotatable bonds is 3. The number of piperidine rings is 1. The summed E-state index contributed by atoms with van der Waals surface area (Å²) in [7, 11) is 0. The van der Waals surface area contributed by atoms with E-state index in [0.717, 1.165) is 18.4 Å². The minimum atomic E-state index is -0.905. The van der Waals surface area contributed by atoms with E-state index in [1.54, 1.807) is 4.80 Å². The third kappa shape index (κ3) is 3.41. The van der Waals surface area contributed by atoms with Crippen molar-refractivity contribution in [3.8, 4) is 0 Å². The van der Waals surface area contributed by atoms with Crippen LogP contribution in [0.5, 0.6) is 0 Å². The van der Waals surface area contributed by atoms with Gasteiger partial charge < -0.3 is 5.73 Å². The molecule has 2 N–H and O–H groups in total. The molecule has 8 heteroatoms. The Labute approximate surface area is 145 Å². The molecule has 1 aliphatic carbocycles. The van der Waals surface area contributed by atoms with Crippen LogP contribution in [0.15, 0.2) is 30.6 Å². The summed E-state index contributed by atoms with van der Waals surface area (Å²) in [5.74, 6) is 0.00729. The summed E-state index contributed by atoms with van der Waals surface area (Å²) in [6, 6.07) is 6.57. The normalized spacial score (nSPS) is 33.6. The summed E-state index contributed by atoms with van der Waals surface area (Å²) in [5, 5.41) is 12.1. The lowest BCUT2D eigenvalue weighted by molar-refractivity contribution is 0.0660. The number of nitrogens with two attached hydrogens (primary N) is 1. The van der Waals surface area contributed by atoms with E-state index in [1.807, 2.05) is 12.1 Å². The Morgan fingerprint density at radius 1 is 1.04 bits per heavy atom. The van der Waals surface area contributed by atoms with E-state index in [-0.39, 0.29) is 29.9 Å². The van der Waals surface area contributed by atoms with Gasteiger partial charge in [-0.15, -0.1) is 10.2 Å². The van der Waals surface area contributed by atoms with Crippen LogP contribution in [-0.4, -0.2) is 56.5 Å². The number of benzene rings is 1. The maximum absolute atomic E-state index is 14.1. The number of hydrogen-bond acceptors (Lipinski definition) is 5. The lowest BCUT2D eigenvalue weighted by Crippen LogP contribution is -2.53. The van der Waals surface area contributed by atoms with Gasteiger partial charge in [0.1, 0.15) is 12.0 Å². The third-order valence-electron chi connectivity index (χ3n) is 5.43. The Bertz CT molecular complexity index is 682. The summed E-state index contributed by atoms with van der Waals surface area (Å²) in [6.45, 7) is 1.06. The molecule has 0 amide bonds. The molecule has 2 heterocycles. The van der Waals surface area contributed by atoms with E-state index >= 15 is 0 Å². The molecule has 4 rings (SSSR count). The number of aromatic nitrogens is 4. The van der Waals surface area contributed by atoms with Gasteiger partial charge in [0.05, 0.1) is 6.04 Å². The van der Waals surface area contributed by atoms with Crippen molar-refractivity contribution in [2.24, 2.45) is 5.73 Å². The van der Waals surface area contributed by atoms with Crippen molar-refractivity contribution in [3.63, 3.8) is 0 Å². The number of hydrogen-bond donors (Lipinski definition) is 1. The standard InChI is InChI=1S/C17H22F2N6/c18-13-3-1-11(2-4-13)12-5-16(17(6-12)25-22-10-21-23-25)24-8-14(19)7-15(20)9-24/h1-4,10,12,14-17H,5-9,20H2. The van der Waals surface area contributed by atoms with Gasteiger partial charge >= 0.3 is 0 Å². The summed E-state index contributed by atoms with van der Waals surface area (Å²) in [6.07, 6.45) is 2.59. The number of alkyl halides is 1. The van der Waals surface area contributed by atoms with Crippen LogP contribution in [-0.2, 0) is 0 Å². The lowest BCUT2D eigenvalue weighted by Gasteiger charge is -2.39. The molecule has 0 bridgehead atoms. The molecule has 1 aromatic carbocycles. The molecule has 2 aliphatic rings. The molecule has 134 valence electrons. The Morgan fingerprint density at radius 2 is 1.80 bits per heavy atom. The predicted molar refractivity (Wildman–Crippen MR) is 88.1 cm³/mol. The fourth-order valence-corrected chi connectivity index (χ4v) is 4.35. The minimum Gasteiger partial charge on any atom is -0.326 e. The molecule has 2 aromatic rings. The first-order valence-corrected chi connectivity index (χ1v) is 8.72. The summed E-state index contributed by atoms with van der Waals surface area (Å²) in [5.41, 5.74) is 7.13. The second kappa shape index (κ2) is 6.76. The minimum absolute atomic E-state index is 0.00931. The fraction of sp³-hybridized carbons (Fsp3) is 0.588. The molecule has 1 aliphatic heterocycles. The van der Waals surface area contributed by atoms with Crippen molar-refractivity contribution in [2.45, 2.75) is 49.5 Å². The molecular weight excluding hydrogens is 326 g/mol. The highest BCUT2D eigenvalue weighted by molar-refractivity contribution is 5.23.